The largest absolute Gasteiger partial charge is 0.339 e. The summed E-state index contributed by atoms with van der Waals surface area (Å²) in [6.45, 7) is 9.27. The van der Waals surface area contributed by atoms with Gasteiger partial charge in [0.25, 0.3) is 5.91 Å². The van der Waals surface area contributed by atoms with Crippen molar-refractivity contribution >= 4 is 11.8 Å². The minimum Gasteiger partial charge on any atom is -0.339 e. The second kappa shape index (κ2) is 6.16. The van der Waals surface area contributed by atoms with Crippen molar-refractivity contribution in [1.82, 2.24) is 14.7 Å². The highest BCUT2D eigenvalue weighted by molar-refractivity contribution is 5.94. The fourth-order valence-electron chi connectivity index (χ4n) is 3.88. The predicted octanol–water partition coefficient (Wildman–Crippen LogP) is 1.59. The van der Waals surface area contributed by atoms with Gasteiger partial charge in [-0.3, -0.25) is 14.5 Å². The first-order valence-electron chi connectivity index (χ1n) is 8.35. The van der Waals surface area contributed by atoms with Gasteiger partial charge in [0.15, 0.2) is 0 Å². The highest BCUT2D eigenvalue weighted by atomic mass is 19.1. The summed E-state index contributed by atoms with van der Waals surface area (Å²) in [5.74, 6) is -0.348. The summed E-state index contributed by atoms with van der Waals surface area (Å²) in [7, 11) is 0. The van der Waals surface area contributed by atoms with E-state index in [0.717, 1.165) is 6.54 Å². The Bertz CT molecular complexity index is 644. The van der Waals surface area contributed by atoms with E-state index in [2.05, 4.69) is 18.7 Å². The standard InChI is InChI=1S/C18H24FN3O2/c1-13(23)21-11-16-10-20(8-9-22(16)18(2,3)12-21)17(24)14-4-6-15(19)7-5-14/h4-7,16H,8-12H2,1-3H3. The summed E-state index contributed by atoms with van der Waals surface area (Å²) in [5, 5.41) is 0. The van der Waals surface area contributed by atoms with Gasteiger partial charge in [-0.25, -0.2) is 4.39 Å². The Morgan fingerprint density at radius 2 is 1.71 bits per heavy atom. The molecule has 2 saturated heterocycles. The van der Waals surface area contributed by atoms with Crippen molar-refractivity contribution in [3.63, 3.8) is 0 Å². The molecule has 0 bridgehead atoms. The van der Waals surface area contributed by atoms with Gasteiger partial charge in [0.1, 0.15) is 5.82 Å². The molecule has 3 rings (SSSR count). The summed E-state index contributed by atoms with van der Waals surface area (Å²) in [5.41, 5.74) is 0.405. The fraction of sp³-hybridized carbons (Fsp3) is 0.556. The van der Waals surface area contributed by atoms with E-state index < -0.39 is 0 Å². The second-order valence-electron chi connectivity index (χ2n) is 7.32. The molecule has 6 heteroatoms. The molecule has 1 aromatic carbocycles. The zero-order chi connectivity index (χ0) is 17.5. The number of piperazine rings is 2. The lowest BCUT2D eigenvalue weighted by molar-refractivity contribution is -0.138. The van der Waals surface area contributed by atoms with Crippen LogP contribution in [-0.2, 0) is 4.79 Å². The maximum Gasteiger partial charge on any atom is 0.253 e. The van der Waals surface area contributed by atoms with Crippen LogP contribution in [0.5, 0.6) is 0 Å². The zero-order valence-electron chi connectivity index (χ0n) is 14.5. The van der Waals surface area contributed by atoms with Gasteiger partial charge in [0.05, 0.1) is 0 Å². The fourth-order valence-corrected chi connectivity index (χ4v) is 3.88. The Morgan fingerprint density at radius 1 is 1.08 bits per heavy atom. The summed E-state index contributed by atoms with van der Waals surface area (Å²) in [6, 6.07) is 5.80. The van der Waals surface area contributed by atoms with Crippen molar-refractivity contribution in [1.29, 1.82) is 0 Å². The van der Waals surface area contributed by atoms with E-state index in [1.165, 1.54) is 24.3 Å². The number of amides is 2. The smallest absolute Gasteiger partial charge is 0.253 e. The number of benzene rings is 1. The molecule has 0 spiro atoms. The molecule has 1 atom stereocenters. The lowest BCUT2D eigenvalue weighted by atomic mass is 9.92. The molecular formula is C18H24FN3O2. The average Bonchev–Trinajstić information content (AvgIpc) is 2.53. The van der Waals surface area contributed by atoms with Crippen molar-refractivity contribution in [3.05, 3.63) is 35.6 Å². The lowest BCUT2D eigenvalue weighted by Gasteiger charge is -2.55. The number of halogens is 1. The third-order valence-corrected chi connectivity index (χ3v) is 5.09. The molecule has 0 radical (unpaired) electrons. The van der Waals surface area contributed by atoms with Crippen molar-refractivity contribution in [2.75, 3.05) is 32.7 Å². The topological polar surface area (TPSA) is 43.9 Å². The van der Waals surface area contributed by atoms with Crippen LogP contribution in [0.2, 0.25) is 0 Å². The average molecular weight is 333 g/mol. The molecule has 0 saturated carbocycles. The van der Waals surface area contributed by atoms with Gasteiger partial charge in [-0.1, -0.05) is 0 Å². The number of nitrogens with zero attached hydrogens (tertiary/aromatic N) is 3. The molecule has 5 nitrogen and oxygen atoms in total. The minimum absolute atomic E-state index is 0.0738. The van der Waals surface area contributed by atoms with E-state index in [1.54, 1.807) is 6.92 Å². The Kier molecular flexibility index (Phi) is 4.34. The third-order valence-electron chi connectivity index (χ3n) is 5.09. The number of carbonyl (C=O) groups excluding carboxylic acids is 2. The normalized spacial score (nSPS) is 23.8. The van der Waals surface area contributed by atoms with Gasteiger partial charge in [0, 0.05) is 56.8 Å². The molecule has 130 valence electrons. The van der Waals surface area contributed by atoms with Crippen LogP contribution in [0.3, 0.4) is 0 Å². The van der Waals surface area contributed by atoms with E-state index in [9.17, 15) is 14.0 Å². The van der Waals surface area contributed by atoms with Gasteiger partial charge in [-0.2, -0.15) is 0 Å². The molecule has 2 aliphatic rings. The first-order valence-corrected chi connectivity index (χ1v) is 8.35. The van der Waals surface area contributed by atoms with Crippen LogP contribution < -0.4 is 0 Å². The Hall–Kier alpha value is -1.95. The highest BCUT2D eigenvalue weighted by Crippen LogP contribution is 2.28. The Balaban J connectivity index is 1.75. The molecule has 2 heterocycles. The van der Waals surface area contributed by atoms with Crippen LogP contribution in [0.4, 0.5) is 4.39 Å². The Morgan fingerprint density at radius 3 is 2.33 bits per heavy atom. The summed E-state index contributed by atoms with van der Waals surface area (Å²) in [4.78, 5) is 30.6. The van der Waals surface area contributed by atoms with Gasteiger partial charge in [0.2, 0.25) is 5.91 Å². The molecule has 0 aromatic heterocycles. The van der Waals surface area contributed by atoms with Crippen LogP contribution in [-0.4, -0.2) is 70.8 Å². The molecular weight excluding hydrogens is 309 g/mol. The third kappa shape index (κ3) is 3.15. The zero-order valence-corrected chi connectivity index (χ0v) is 14.5. The van der Waals surface area contributed by atoms with Gasteiger partial charge in [-0.15, -0.1) is 0 Å². The quantitative estimate of drug-likeness (QED) is 0.784. The van der Waals surface area contributed by atoms with Gasteiger partial charge >= 0.3 is 0 Å². The van der Waals surface area contributed by atoms with E-state index >= 15 is 0 Å². The van der Waals surface area contributed by atoms with Crippen LogP contribution in [0.1, 0.15) is 31.1 Å². The molecule has 0 N–H and O–H groups in total. The van der Waals surface area contributed by atoms with E-state index in [1.807, 2.05) is 9.80 Å². The summed E-state index contributed by atoms with van der Waals surface area (Å²) >= 11 is 0. The molecule has 1 aromatic rings. The number of carbonyl (C=O) groups is 2. The lowest BCUT2D eigenvalue weighted by Crippen LogP contribution is -2.70. The number of rotatable bonds is 1. The van der Waals surface area contributed by atoms with Crippen molar-refractivity contribution in [3.8, 4) is 0 Å². The minimum atomic E-state index is -0.345. The van der Waals surface area contributed by atoms with Crippen molar-refractivity contribution in [2.45, 2.75) is 32.4 Å². The summed E-state index contributed by atoms with van der Waals surface area (Å²) in [6.07, 6.45) is 0. The molecule has 2 aliphatic heterocycles. The van der Waals surface area contributed by atoms with Gasteiger partial charge in [-0.05, 0) is 38.1 Å². The van der Waals surface area contributed by atoms with Crippen molar-refractivity contribution < 1.29 is 14.0 Å². The van der Waals surface area contributed by atoms with Crippen LogP contribution in [0.25, 0.3) is 0 Å². The van der Waals surface area contributed by atoms with E-state index in [-0.39, 0.29) is 29.2 Å². The van der Waals surface area contributed by atoms with E-state index in [0.29, 0.717) is 31.7 Å². The first kappa shape index (κ1) is 16.9. The SMILES string of the molecule is CC(=O)N1CC2CN(C(=O)c3ccc(F)cc3)CCN2C(C)(C)C1. The van der Waals surface area contributed by atoms with Crippen LogP contribution in [0.15, 0.2) is 24.3 Å². The number of hydrogen-bond donors (Lipinski definition) is 0. The van der Waals surface area contributed by atoms with Crippen LogP contribution in [0, 0.1) is 5.82 Å². The monoisotopic (exact) mass is 333 g/mol. The molecule has 24 heavy (non-hydrogen) atoms. The molecule has 1 unspecified atom stereocenters. The number of fused-ring (bicyclic) bond motifs is 1. The highest BCUT2D eigenvalue weighted by Gasteiger charge is 2.43. The maximum atomic E-state index is 13.0. The molecule has 0 aliphatic carbocycles. The van der Waals surface area contributed by atoms with E-state index in [4.69, 9.17) is 0 Å². The summed E-state index contributed by atoms with van der Waals surface area (Å²) < 4.78 is 13.0. The van der Waals surface area contributed by atoms with Crippen LogP contribution >= 0.6 is 0 Å². The molecule has 2 fully saturated rings. The van der Waals surface area contributed by atoms with Crippen molar-refractivity contribution in [2.24, 2.45) is 0 Å². The number of hydrogen-bond acceptors (Lipinski definition) is 3. The first-order chi connectivity index (χ1) is 11.3. The predicted molar refractivity (Wildman–Crippen MR) is 89.1 cm³/mol. The molecule has 2 amide bonds. The maximum absolute atomic E-state index is 13.0. The Labute approximate surface area is 142 Å². The van der Waals surface area contributed by atoms with Gasteiger partial charge < -0.3 is 9.80 Å². The second-order valence-corrected chi connectivity index (χ2v) is 7.32.